The molecule has 10 heteroatoms. The van der Waals surface area contributed by atoms with Crippen LogP contribution in [-0.4, -0.2) is 37.7 Å². The largest absolute Gasteiger partial charge is 0.434 e. The van der Waals surface area contributed by atoms with Gasteiger partial charge in [-0.15, -0.1) is 35.3 Å². The standard InChI is InChI=1S/C17H21F3N4OS.HI/c1-21-16(23-9-10-25-11-13-5-3-2-4-6-13)22-8-7-15-24-14(12-26-15)17(18,19)20;/h2-6,12H,7-11H2,1H3,(H2,21,22,23);1H. The highest BCUT2D eigenvalue weighted by Crippen LogP contribution is 2.29. The monoisotopic (exact) mass is 514 g/mol. The van der Waals surface area contributed by atoms with Crippen molar-refractivity contribution in [3.05, 3.63) is 52.0 Å². The summed E-state index contributed by atoms with van der Waals surface area (Å²) in [7, 11) is 1.63. The number of nitrogens with one attached hydrogen (secondary N) is 2. The molecule has 5 nitrogen and oxygen atoms in total. The third-order valence-corrected chi connectivity index (χ3v) is 4.26. The highest BCUT2D eigenvalue weighted by molar-refractivity contribution is 14.0. The van der Waals surface area contributed by atoms with Crippen molar-refractivity contribution in [2.24, 2.45) is 4.99 Å². The fraction of sp³-hybridized carbons (Fsp3) is 0.412. The molecule has 0 radical (unpaired) electrons. The minimum Gasteiger partial charge on any atom is -0.375 e. The second kappa shape index (κ2) is 12.1. The second-order valence-electron chi connectivity index (χ2n) is 5.34. The molecule has 0 aliphatic carbocycles. The van der Waals surface area contributed by atoms with E-state index in [0.717, 1.165) is 22.3 Å². The smallest absolute Gasteiger partial charge is 0.375 e. The van der Waals surface area contributed by atoms with Crippen LogP contribution in [0.15, 0.2) is 40.7 Å². The molecule has 0 unspecified atom stereocenters. The maximum atomic E-state index is 12.5. The van der Waals surface area contributed by atoms with Crippen LogP contribution in [0.5, 0.6) is 0 Å². The van der Waals surface area contributed by atoms with Crippen molar-refractivity contribution < 1.29 is 17.9 Å². The molecule has 1 aromatic carbocycles. The summed E-state index contributed by atoms with van der Waals surface area (Å²) in [6, 6.07) is 9.87. The van der Waals surface area contributed by atoms with Gasteiger partial charge in [0.1, 0.15) is 0 Å². The van der Waals surface area contributed by atoms with E-state index in [9.17, 15) is 13.2 Å². The minimum absolute atomic E-state index is 0. The molecule has 27 heavy (non-hydrogen) atoms. The Hall–Kier alpha value is -1.40. The summed E-state index contributed by atoms with van der Waals surface area (Å²) in [5.41, 5.74) is 0.271. The number of nitrogens with zero attached hydrogens (tertiary/aromatic N) is 2. The van der Waals surface area contributed by atoms with Gasteiger partial charge in [-0.05, 0) is 5.56 Å². The van der Waals surface area contributed by atoms with Crippen molar-refractivity contribution in [1.82, 2.24) is 15.6 Å². The lowest BCUT2D eigenvalue weighted by Crippen LogP contribution is -2.39. The average molecular weight is 514 g/mol. The molecule has 0 aliphatic heterocycles. The van der Waals surface area contributed by atoms with Gasteiger partial charge in [0, 0.05) is 31.9 Å². The van der Waals surface area contributed by atoms with Crippen molar-refractivity contribution in [2.75, 3.05) is 26.7 Å². The molecule has 0 saturated heterocycles. The first-order valence-electron chi connectivity index (χ1n) is 8.07. The molecule has 2 aromatic rings. The molecule has 0 spiro atoms. The zero-order valence-corrected chi connectivity index (χ0v) is 17.9. The summed E-state index contributed by atoms with van der Waals surface area (Å²) >= 11 is 1.01. The van der Waals surface area contributed by atoms with Crippen LogP contribution in [0.1, 0.15) is 16.3 Å². The van der Waals surface area contributed by atoms with Crippen molar-refractivity contribution in [3.8, 4) is 0 Å². The Labute approximate surface area is 177 Å². The normalized spacial score (nSPS) is 11.8. The third kappa shape index (κ3) is 8.89. The van der Waals surface area contributed by atoms with Gasteiger partial charge in [0.25, 0.3) is 0 Å². The predicted octanol–water partition coefficient (Wildman–Crippen LogP) is 3.70. The van der Waals surface area contributed by atoms with Crippen LogP contribution in [0, 0.1) is 0 Å². The Morgan fingerprint density at radius 2 is 1.89 bits per heavy atom. The maximum Gasteiger partial charge on any atom is 0.434 e. The summed E-state index contributed by atoms with van der Waals surface area (Å²) in [4.78, 5) is 7.65. The van der Waals surface area contributed by atoms with Gasteiger partial charge in [0.15, 0.2) is 11.7 Å². The van der Waals surface area contributed by atoms with Gasteiger partial charge in [0.2, 0.25) is 0 Å². The molecule has 0 fully saturated rings. The third-order valence-electron chi connectivity index (χ3n) is 3.35. The molecule has 2 rings (SSSR count). The molecule has 0 saturated carbocycles. The lowest BCUT2D eigenvalue weighted by Gasteiger charge is -2.11. The number of aromatic nitrogens is 1. The summed E-state index contributed by atoms with van der Waals surface area (Å²) in [5.74, 6) is 0.570. The SMILES string of the molecule is CN=C(NCCOCc1ccccc1)NCCc1nc(C(F)(F)F)cs1.I. The van der Waals surface area contributed by atoms with Crippen molar-refractivity contribution in [2.45, 2.75) is 19.2 Å². The average Bonchev–Trinajstić information content (AvgIpc) is 3.10. The zero-order chi connectivity index (χ0) is 18.8. The highest BCUT2D eigenvalue weighted by Gasteiger charge is 2.33. The molecule has 2 N–H and O–H groups in total. The summed E-state index contributed by atoms with van der Waals surface area (Å²) < 4.78 is 43.1. The van der Waals surface area contributed by atoms with E-state index in [2.05, 4.69) is 20.6 Å². The maximum absolute atomic E-state index is 12.5. The fourth-order valence-electron chi connectivity index (χ4n) is 2.07. The minimum atomic E-state index is -4.39. The number of alkyl halides is 3. The lowest BCUT2D eigenvalue weighted by molar-refractivity contribution is -0.140. The van der Waals surface area contributed by atoms with Crippen LogP contribution in [-0.2, 0) is 23.9 Å². The van der Waals surface area contributed by atoms with Crippen molar-refractivity contribution in [3.63, 3.8) is 0 Å². The van der Waals surface area contributed by atoms with Crippen molar-refractivity contribution >= 4 is 41.3 Å². The molecule has 1 aromatic heterocycles. The van der Waals surface area contributed by atoms with Gasteiger partial charge in [-0.2, -0.15) is 13.2 Å². The first-order valence-corrected chi connectivity index (χ1v) is 8.95. The molecular formula is C17H22F3IN4OS. The summed E-state index contributed by atoms with van der Waals surface area (Å²) in [5, 5.41) is 7.60. The number of aliphatic imine (C=N–C) groups is 1. The van der Waals surface area contributed by atoms with Gasteiger partial charge in [-0.3, -0.25) is 4.99 Å². The number of guanidine groups is 1. The van der Waals surface area contributed by atoms with Gasteiger partial charge < -0.3 is 15.4 Å². The Morgan fingerprint density at radius 3 is 2.52 bits per heavy atom. The van der Waals surface area contributed by atoms with Gasteiger partial charge in [-0.25, -0.2) is 4.98 Å². The van der Waals surface area contributed by atoms with E-state index in [1.807, 2.05) is 30.3 Å². The number of hydrogen-bond donors (Lipinski definition) is 2. The predicted molar refractivity (Wildman–Crippen MR) is 112 cm³/mol. The highest BCUT2D eigenvalue weighted by atomic mass is 127. The van der Waals surface area contributed by atoms with E-state index in [0.29, 0.717) is 43.7 Å². The van der Waals surface area contributed by atoms with Crippen LogP contribution >= 0.6 is 35.3 Å². The van der Waals surface area contributed by atoms with E-state index < -0.39 is 11.9 Å². The van der Waals surface area contributed by atoms with Crippen molar-refractivity contribution in [1.29, 1.82) is 0 Å². The Bertz CT molecular complexity index is 695. The quantitative estimate of drug-likeness (QED) is 0.244. The molecule has 0 bridgehead atoms. The first kappa shape index (κ1) is 23.6. The number of halogens is 4. The van der Waals surface area contributed by atoms with Gasteiger partial charge in [-0.1, -0.05) is 30.3 Å². The van der Waals surface area contributed by atoms with Crippen LogP contribution in [0.25, 0.3) is 0 Å². The summed E-state index contributed by atoms with van der Waals surface area (Å²) in [6.07, 6.45) is -3.99. The van der Waals surface area contributed by atoms with Gasteiger partial charge >= 0.3 is 6.18 Å². The number of benzene rings is 1. The zero-order valence-electron chi connectivity index (χ0n) is 14.8. The molecule has 0 aliphatic rings. The van der Waals surface area contributed by atoms with E-state index in [1.165, 1.54) is 0 Å². The van der Waals surface area contributed by atoms with E-state index >= 15 is 0 Å². The van der Waals surface area contributed by atoms with Gasteiger partial charge in [0.05, 0.1) is 18.2 Å². The Balaban J connectivity index is 0.00000364. The van der Waals surface area contributed by atoms with Crippen LogP contribution < -0.4 is 10.6 Å². The van der Waals surface area contributed by atoms with Crippen LogP contribution in [0.4, 0.5) is 13.2 Å². The van der Waals surface area contributed by atoms with E-state index in [1.54, 1.807) is 7.05 Å². The number of rotatable bonds is 8. The molecule has 1 heterocycles. The second-order valence-corrected chi connectivity index (χ2v) is 6.28. The Kier molecular flexibility index (Phi) is 10.6. The molecular weight excluding hydrogens is 492 g/mol. The first-order chi connectivity index (χ1) is 12.5. The lowest BCUT2D eigenvalue weighted by atomic mass is 10.2. The fourth-order valence-corrected chi connectivity index (χ4v) is 2.88. The molecule has 0 atom stereocenters. The van der Waals surface area contributed by atoms with Crippen LogP contribution in [0.3, 0.4) is 0 Å². The number of hydrogen-bond acceptors (Lipinski definition) is 4. The number of ether oxygens (including phenoxy) is 1. The molecule has 150 valence electrons. The number of thiazole rings is 1. The topological polar surface area (TPSA) is 58.5 Å². The Morgan fingerprint density at radius 1 is 1.19 bits per heavy atom. The van der Waals surface area contributed by atoms with Crippen LogP contribution in [0.2, 0.25) is 0 Å². The van der Waals surface area contributed by atoms with E-state index in [4.69, 9.17) is 4.74 Å². The summed E-state index contributed by atoms with van der Waals surface area (Å²) in [6.45, 7) is 2.06. The van der Waals surface area contributed by atoms with E-state index in [-0.39, 0.29) is 24.0 Å². The molecule has 0 amide bonds.